The van der Waals surface area contributed by atoms with E-state index in [4.69, 9.17) is 0 Å². The van der Waals surface area contributed by atoms with Gasteiger partial charge in [-0.25, -0.2) is 22.2 Å². The molecule has 30 heavy (non-hydrogen) atoms. The Hall–Kier alpha value is -2.81. The number of fused-ring (bicyclic) bond motifs is 1. The summed E-state index contributed by atoms with van der Waals surface area (Å²) < 4.78 is 55.0. The second-order valence-electron chi connectivity index (χ2n) is 7.53. The summed E-state index contributed by atoms with van der Waals surface area (Å²) in [5.74, 6) is -2.89. The predicted octanol–water partition coefficient (Wildman–Crippen LogP) is 4.49. The molecule has 0 atom stereocenters. The lowest BCUT2D eigenvalue weighted by Crippen LogP contribution is -2.19. The van der Waals surface area contributed by atoms with Crippen molar-refractivity contribution < 1.29 is 22.0 Å². The lowest BCUT2D eigenvalue weighted by molar-refractivity contribution is 0.103. The first-order valence-electron chi connectivity index (χ1n) is 9.81. The summed E-state index contributed by atoms with van der Waals surface area (Å²) in [5, 5.41) is 0.557. The van der Waals surface area contributed by atoms with Crippen molar-refractivity contribution in [2.75, 3.05) is 10.5 Å². The average Bonchev–Trinajstić information content (AvgIpc) is 3.06. The van der Waals surface area contributed by atoms with Crippen LogP contribution in [0.5, 0.6) is 0 Å². The van der Waals surface area contributed by atoms with Crippen molar-refractivity contribution in [1.82, 2.24) is 9.97 Å². The number of aromatic nitrogens is 2. The summed E-state index contributed by atoms with van der Waals surface area (Å²) in [5.41, 5.74) is 0.456. The van der Waals surface area contributed by atoms with Crippen molar-refractivity contribution in [3.8, 4) is 0 Å². The lowest BCUT2D eigenvalue weighted by atomic mass is 9.80. The van der Waals surface area contributed by atoms with Gasteiger partial charge in [0.1, 0.15) is 17.2 Å². The third-order valence-corrected chi connectivity index (χ3v) is 6.90. The van der Waals surface area contributed by atoms with Crippen LogP contribution >= 0.6 is 0 Å². The molecule has 0 amide bonds. The van der Waals surface area contributed by atoms with Crippen LogP contribution in [0.1, 0.15) is 60.0 Å². The summed E-state index contributed by atoms with van der Waals surface area (Å²) in [6.07, 6.45) is 6.77. The van der Waals surface area contributed by atoms with E-state index in [0.29, 0.717) is 17.0 Å². The number of nitrogens with zero attached hydrogens (tertiary/aromatic N) is 1. The van der Waals surface area contributed by atoms with Gasteiger partial charge < -0.3 is 4.98 Å². The largest absolute Gasteiger partial charge is 0.345 e. The van der Waals surface area contributed by atoms with Gasteiger partial charge in [-0.3, -0.25) is 9.52 Å². The summed E-state index contributed by atoms with van der Waals surface area (Å²) >= 11 is 0. The van der Waals surface area contributed by atoms with Crippen molar-refractivity contribution in [2.24, 2.45) is 0 Å². The Morgan fingerprint density at radius 3 is 2.70 bits per heavy atom. The standard InChI is InChI=1S/C21H21F2N3O3S/c1-2-8-30(28,29)26-19-17(22)7-6-14(18(19)23)20(27)16-11-25-21-15(16)9-13(10-24-21)12-4-3-5-12/h6-7,9-12,26H,2-5,8H2,1H3,(H,24,25). The van der Waals surface area contributed by atoms with E-state index in [0.717, 1.165) is 37.0 Å². The van der Waals surface area contributed by atoms with Gasteiger partial charge in [0.15, 0.2) is 11.6 Å². The molecule has 1 aromatic carbocycles. The number of aromatic amines is 1. The zero-order valence-electron chi connectivity index (χ0n) is 16.3. The molecule has 0 radical (unpaired) electrons. The minimum absolute atomic E-state index is 0.201. The van der Waals surface area contributed by atoms with Crippen LogP contribution < -0.4 is 4.72 Å². The second kappa shape index (κ2) is 7.79. The molecule has 2 aromatic heterocycles. The van der Waals surface area contributed by atoms with E-state index < -0.39 is 38.7 Å². The van der Waals surface area contributed by atoms with E-state index in [1.165, 1.54) is 6.20 Å². The molecule has 0 unspecified atom stereocenters. The molecule has 2 N–H and O–H groups in total. The van der Waals surface area contributed by atoms with Gasteiger partial charge in [-0.05, 0) is 48.9 Å². The molecular weight excluding hydrogens is 412 g/mol. The number of rotatable bonds is 7. The van der Waals surface area contributed by atoms with Gasteiger partial charge in [0.2, 0.25) is 10.0 Å². The van der Waals surface area contributed by atoms with Crippen LogP contribution in [0.2, 0.25) is 0 Å². The summed E-state index contributed by atoms with van der Waals surface area (Å²) in [6.45, 7) is 1.63. The maximum Gasteiger partial charge on any atom is 0.232 e. The number of sulfonamides is 1. The van der Waals surface area contributed by atoms with Gasteiger partial charge in [-0.1, -0.05) is 13.3 Å². The predicted molar refractivity (Wildman–Crippen MR) is 110 cm³/mol. The molecule has 0 bridgehead atoms. The first kappa shape index (κ1) is 20.5. The van der Waals surface area contributed by atoms with Gasteiger partial charge in [0.05, 0.1) is 11.3 Å². The Morgan fingerprint density at radius 1 is 1.27 bits per heavy atom. The van der Waals surface area contributed by atoms with Gasteiger partial charge >= 0.3 is 0 Å². The van der Waals surface area contributed by atoms with Crippen LogP contribution in [0.3, 0.4) is 0 Å². The van der Waals surface area contributed by atoms with E-state index in [2.05, 4.69) is 9.97 Å². The van der Waals surface area contributed by atoms with Crippen LogP contribution in [0, 0.1) is 11.6 Å². The molecule has 0 aliphatic heterocycles. The van der Waals surface area contributed by atoms with Gasteiger partial charge in [-0.15, -0.1) is 0 Å². The Balaban J connectivity index is 1.74. The topological polar surface area (TPSA) is 91.9 Å². The van der Waals surface area contributed by atoms with Crippen LogP contribution in [-0.4, -0.2) is 29.9 Å². The van der Waals surface area contributed by atoms with E-state index >= 15 is 4.39 Å². The van der Waals surface area contributed by atoms with E-state index in [1.807, 2.05) is 10.8 Å². The maximum atomic E-state index is 15.0. The molecule has 1 aliphatic carbocycles. The Bertz CT molecular complexity index is 1230. The molecule has 1 fully saturated rings. The smallest absolute Gasteiger partial charge is 0.232 e. The normalized spacial score (nSPS) is 14.6. The number of carbonyl (C=O) groups is 1. The van der Waals surface area contributed by atoms with Crippen molar-refractivity contribution in [1.29, 1.82) is 0 Å². The monoisotopic (exact) mass is 433 g/mol. The molecule has 2 heterocycles. The van der Waals surface area contributed by atoms with Crippen molar-refractivity contribution >= 4 is 32.5 Å². The minimum atomic E-state index is -3.93. The number of hydrogen-bond donors (Lipinski definition) is 2. The van der Waals surface area contributed by atoms with Crippen LogP contribution in [0.15, 0.2) is 30.6 Å². The highest BCUT2D eigenvalue weighted by atomic mass is 32.2. The highest BCUT2D eigenvalue weighted by Crippen LogP contribution is 2.37. The SMILES string of the molecule is CCCS(=O)(=O)Nc1c(F)ccc(C(=O)c2c[nH]c3ncc(C4CCC4)cc23)c1F. The molecule has 3 aromatic rings. The van der Waals surface area contributed by atoms with Crippen LogP contribution in [0.4, 0.5) is 14.5 Å². The first-order chi connectivity index (χ1) is 14.3. The molecule has 1 aliphatic rings. The average molecular weight is 433 g/mol. The Kier molecular flexibility index (Phi) is 5.31. The van der Waals surface area contributed by atoms with E-state index in [-0.39, 0.29) is 17.7 Å². The van der Waals surface area contributed by atoms with Gasteiger partial charge in [0.25, 0.3) is 0 Å². The molecule has 1 saturated carbocycles. The van der Waals surface area contributed by atoms with Crippen molar-refractivity contribution in [2.45, 2.75) is 38.5 Å². The molecule has 4 rings (SSSR count). The molecular formula is C21H21F2N3O3S. The molecule has 158 valence electrons. The number of benzene rings is 1. The number of pyridine rings is 1. The molecule has 9 heteroatoms. The van der Waals surface area contributed by atoms with Crippen LogP contribution in [0.25, 0.3) is 11.0 Å². The fourth-order valence-electron chi connectivity index (χ4n) is 3.61. The number of H-pyrrole nitrogens is 1. The van der Waals surface area contributed by atoms with Gasteiger partial charge in [0, 0.05) is 23.3 Å². The molecule has 0 spiro atoms. The third kappa shape index (κ3) is 3.69. The van der Waals surface area contributed by atoms with E-state index in [1.54, 1.807) is 13.1 Å². The maximum absolute atomic E-state index is 15.0. The Labute approximate surface area is 172 Å². The number of anilines is 1. The van der Waals surface area contributed by atoms with Crippen molar-refractivity contribution in [3.05, 3.63) is 58.9 Å². The Morgan fingerprint density at radius 2 is 2.03 bits per heavy atom. The fraction of sp³-hybridized carbons (Fsp3) is 0.333. The molecule has 0 saturated heterocycles. The first-order valence-corrected chi connectivity index (χ1v) is 11.5. The quantitative estimate of drug-likeness (QED) is 0.537. The highest BCUT2D eigenvalue weighted by Gasteiger charge is 2.26. The molecule has 6 nitrogen and oxygen atoms in total. The number of nitrogens with one attached hydrogen (secondary N) is 2. The number of ketones is 1. The minimum Gasteiger partial charge on any atom is -0.345 e. The zero-order chi connectivity index (χ0) is 21.5. The van der Waals surface area contributed by atoms with Crippen molar-refractivity contribution in [3.63, 3.8) is 0 Å². The fourth-order valence-corrected chi connectivity index (χ4v) is 4.75. The zero-order valence-corrected chi connectivity index (χ0v) is 17.2. The summed E-state index contributed by atoms with van der Waals surface area (Å²) in [7, 11) is -3.93. The number of hydrogen-bond acceptors (Lipinski definition) is 4. The highest BCUT2D eigenvalue weighted by molar-refractivity contribution is 7.92. The van der Waals surface area contributed by atoms with E-state index in [9.17, 15) is 17.6 Å². The van der Waals surface area contributed by atoms with Crippen LogP contribution in [-0.2, 0) is 10.0 Å². The lowest BCUT2D eigenvalue weighted by Gasteiger charge is -2.25. The second-order valence-corrected chi connectivity index (χ2v) is 9.37. The van der Waals surface area contributed by atoms with Gasteiger partial charge in [-0.2, -0.15) is 0 Å². The number of halogens is 2. The summed E-state index contributed by atoms with van der Waals surface area (Å²) in [6, 6.07) is 3.78. The third-order valence-electron chi connectivity index (χ3n) is 5.44. The number of carbonyl (C=O) groups excluding carboxylic acids is 1. The summed E-state index contributed by atoms with van der Waals surface area (Å²) in [4.78, 5) is 20.3.